The van der Waals surface area contributed by atoms with Crippen LogP contribution < -0.4 is 0 Å². The van der Waals surface area contributed by atoms with Gasteiger partial charge in [0.05, 0.1) is 6.61 Å². The van der Waals surface area contributed by atoms with E-state index < -0.39 is 11.9 Å². The molecule has 27 heavy (non-hydrogen) atoms. The molecule has 0 saturated carbocycles. The molecule has 0 radical (unpaired) electrons. The number of nitriles is 1. The lowest BCUT2D eigenvalue weighted by atomic mass is 9.93. The van der Waals surface area contributed by atoms with E-state index in [1.165, 1.54) is 0 Å². The highest BCUT2D eigenvalue weighted by molar-refractivity contribution is 6.05. The van der Waals surface area contributed by atoms with E-state index >= 15 is 0 Å². The highest BCUT2D eigenvalue weighted by Gasteiger charge is 2.19. The topological polar surface area (TPSA) is 87.4 Å². The molecule has 0 fully saturated rings. The Morgan fingerprint density at radius 2 is 1.52 bits per heavy atom. The van der Waals surface area contributed by atoms with Gasteiger partial charge in [-0.2, -0.15) is 5.26 Å². The maximum absolute atomic E-state index is 12.5. The van der Waals surface area contributed by atoms with Gasteiger partial charge in [-0.15, -0.1) is 0 Å². The van der Waals surface area contributed by atoms with E-state index in [-0.39, 0.29) is 24.2 Å². The lowest BCUT2D eigenvalue weighted by Gasteiger charge is -2.12. The van der Waals surface area contributed by atoms with Crippen molar-refractivity contribution in [1.82, 2.24) is 0 Å². The molecule has 0 amide bonds. The lowest BCUT2D eigenvalue weighted by molar-refractivity contribution is -0.138. The van der Waals surface area contributed by atoms with Gasteiger partial charge in [-0.05, 0) is 24.0 Å². The quantitative estimate of drug-likeness (QED) is 0.333. The maximum Gasteiger partial charge on any atom is 0.349 e. The minimum absolute atomic E-state index is 0.00712. The molecule has 0 heterocycles. The number of aliphatic carboxylic acids is 1. The van der Waals surface area contributed by atoms with E-state index in [2.05, 4.69) is 6.58 Å². The van der Waals surface area contributed by atoms with Crippen molar-refractivity contribution in [3.05, 3.63) is 89.5 Å². The Labute approximate surface area is 157 Å². The van der Waals surface area contributed by atoms with E-state index in [0.29, 0.717) is 12.0 Å². The molecule has 5 nitrogen and oxygen atoms in total. The Morgan fingerprint density at radius 3 is 1.96 bits per heavy atom. The summed E-state index contributed by atoms with van der Waals surface area (Å²) < 4.78 is 5.20. The van der Waals surface area contributed by atoms with Crippen molar-refractivity contribution in [2.75, 3.05) is 6.61 Å². The molecule has 2 aromatic carbocycles. The molecule has 0 aliphatic carbocycles. The van der Waals surface area contributed by atoms with Crippen LogP contribution in [0.1, 0.15) is 24.0 Å². The van der Waals surface area contributed by atoms with Crippen LogP contribution in [0, 0.1) is 11.3 Å². The Morgan fingerprint density at radius 1 is 1.00 bits per heavy atom. The van der Waals surface area contributed by atoms with Crippen molar-refractivity contribution in [2.24, 2.45) is 0 Å². The molecule has 0 aliphatic rings. The molecule has 0 bridgehead atoms. The Kier molecular flexibility index (Phi) is 7.09. The molecule has 2 aromatic rings. The van der Waals surface area contributed by atoms with Crippen molar-refractivity contribution in [1.29, 1.82) is 5.26 Å². The Bertz CT molecular complexity index is 851. The smallest absolute Gasteiger partial charge is 0.349 e. The van der Waals surface area contributed by atoms with Crippen molar-refractivity contribution in [3.63, 3.8) is 0 Å². The average Bonchev–Trinajstić information content (AvgIpc) is 2.70. The van der Waals surface area contributed by atoms with Gasteiger partial charge in [0.25, 0.3) is 0 Å². The van der Waals surface area contributed by atoms with Gasteiger partial charge < -0.3 is 9.84 Å². The molecule has 0 saturated heterocycles. The zero-order valence-electron chi connectivity index (χ0n) is 14.7. The van der Waals surface area contributed by atoms with Gasteiger partial charge in [-0.1, -0.05) is 67.2 Å². The Balaban J connectivity index is 2.26. The molecule has 0 atom stereocenters. The van der Waals surface area contributed by atoms with E-state index in [0.717, 1.165) is 11.1 Å². The predicted molar refractivity (Wildman–Crippen MR) is 101 cm³/mol. The van der Waals surface area contributed by atoms with Crippen LogP contribution in [-0.2, 0) is 14.3 Å². The summed E-state index contributed by atoms with van der Waals surface area (Å²) in [6.07, 6.45) is 0.528. The number of carboxylic acids is 1. The number of esters is 1. The van der Waals surface area contributed by atoms with E-state index in [4.69, 9.17) is 9.84 Å². The van der Waals surface area contributed by atoms with Gasteiger partial charge in [-0.3, -0.25) is 0 Å². The minimum atomic E-state index is -1.07. The van der Waals surface area contributed by atoms with Crippen LogP contribution in [0.15, 0.2) is 78.4 Å². The third-order valence-corrected chi connectivity index (χ3v) is 3.85. The minimum Gasteiger partial charge on any atom is -0.478 e. The Hall–Kier alpha value is -3.65. The zero-order valence-corrected chi connectivity index (χ0v) is 14.7. The fraction of sp³-hybridized carbons (Fsp3) is 0.136. The van der Waals surface area contributed by atoms with Crippen LogP contribution in [-0.4, -0.2) is 23.7 Å². The van der Waals surface area contributed by atoms with Crippen molar-refractivity contribution < 1.29 is 19.4 Å². The summed E-state index contributed by atoms with van der Waals surface area (Å²) in [5.41, 5.74) is 1.92. The van der Waals surface area contributed by atoms with Crippen LogP contribution >= 0.6 is 0 Å². The number of rotatable bonds is 8. The van der Waals surface area contributed by atoms with Crippen LogP contribution in [0.2, 0.25) is 0 Å². The van der Waals surface area contributed by atoms with E-state index in [1.54, 1.807) is 0 Å². The lowest BCUT2D eigenvalue weighted by Crippen LogP contribution is -2.11. The number of ether oxygens (including phenoxy) is 1. The molecular formula is C22H19NO4. The highest BCUT2D eigenvalue weighted by Crippen LogP contribution is 2.27. The van der Waals surface area contributed by atoms with Gasteiger partial charge in [0, 0.05) is 11.1 Å². The standard InChI is InChI=1S/C22H19NO4/c1-16(21(24)25)9-8-14-27-22(26)19(15-23)20(17-10-4-2-5-11-17)18-12-6-3-7-13-18/h2-7,10-13H,1,8-9,14H2,(H,24,25). The average molecular weight is 361 g/mol. The first-order chi connectivity index (χ1) is 13.0. The summed E-state index contributed by atoms with van der Waals surface area (Å²) in [5, 5.41) is 18.4. The number of hydrogen-bond donors (Lipinski definition) is 1. The monoisotopic (exact) mass is 361 g/mol. The maximum atomic E-state index is 12.5. The van der Waals surface area contributed by atoms with Gasteiger partial charge in [-0.25, -0.2) is 9.59 Å². The van der Waals surface area contributed by atoms with Crippen LogP contribution in [0.4, 0.5) is 0 Å². The normalized spacial score (nSPS) is 9.74. The summed E-state index contributed by atoms with van der Waals surface area (Å²) in [6, 6.07) is 20.3. The summed E-state index contributed by atoms with van der Waals surface area (Å²) in [6.45, 7) is 3.44. The van der Waals surface area contributed by atoms with Crippen molar-refractivity contribution in [2.45, 2.75) is 12.8 Å². The fourth-order valence-corrected chi connectivity index (χ4v) is 2.50. The van der Waals surface area contributed by atoms with E-state index in [1.807, 2.05) is 66.7 Å². The molecule has 2 rings (SSSR count). The number of carbonyl (C=O) groups is 2. The third kappa shape index (κ3) is 5.41. The van der Waals surface area contributed by atoms with Gasteiger partial charge in [0.1, 0.15) is 11.6 Å². The molecule has 136 valence electrons. The van der Waals surface area contributed by atoms with Crippen LogP contribution in [0.3, 0.4) is 0 Å². The molecule has 1 N–H and O–H groups in total. The first-order valence-corrected chi connectivity index (χ1v) is 8.38. The summed E-state index contributed by atoms with van der Waals surface area (Å²) in [4.78, 5) is 23.2. The highest BCUT2D eigenvalue weighted by atomic mass is 16.5. The molecule has 0 spiro atoms. The second kappa shape index (κ2) is 9.73. The SMILES string of the molecule is C=C(CCCOC(=O)C(C#N)=C(c1ccccc1)c1ccccc1)C(=O)O. The second-order valence-electron chi connectivity index (χ2n) is 5.74. The molecular weight excluding hydrogens is 342 g/mol. The zero-order chi connectivity index (χ0) is 19.6. The molecule has 0 unspecified atom stereocenters. The second-order valence-corrected chi connectivity index (χ2v) is 5.74. The van der Waals surface area contributed by atoms with Crippen molar-refractivity contribution in [3.8, 4) is 6.07 Å². The molecule has 0 aliphatic heterocycles. The predicted octanol–water partition coefficient (Wildman–Crippen LogP) is 3.98. The first-order valence-electron chi connectivity index (χ1n) is 8.38. The number of benzene rings is 2. The van der Waals surface area contributed by atoms with Gasteiger partial charge >= 0.3 is 11.9 Å². The van der Waals surface area contributed by atoms with Crippen LogP contribution in [0.25, 0.3) is 5.57 Å². The first kappa shape index (κ1) is 19.7. The molecule has 0 aromatic heterocycles. The summed E-state index contributed by atoms with van der Waals surface area (Å²) >= 11 is 0. The number of carboxylic acid groups (broad SMARTS) is 1. The number of nitrogens with zero attached hydrogens (tertiary/aromatic N) is 1. The van der Waals surface area contributed by atoms with E-state index in [9.17, 15) is 14.9 Å². The molecule has 5 heteroatoms. The largest absolute Gasteiger partial charge is 0.478 e. The number of hydrogen-bond acceptors (Lipinski definition) is 4. The number of carbonyl (C=O) groups excluding carboxylic acids is 1. The summed E-state index contributed by atoms with van der Waals surface area (Å²) in [5.74, 6) is -1.81. The fourth-order valence-electron chi connectivity index (χ4n) is 2.50. The van der Waals surface area contributed by atoms with Crippen LogP contribution in [0.5, 0.6) is 0 Å². The third-order valence-electron chi connectivity index (χ3n) is 3.85. The van der Waals surface area contributed by atoms with Crippen molar-refractivity contribution >= 4 is 17.5 Å². The summed E-state index contributed by atoms with van der Waals surface area (Å²) in [7, 11) is 0. The van der Waals surface area contributed by atoms with Gasteiger partial charge in [0.15, 0.2) is 0 Å². The van der Waals surface area contributed by atoms with Gasteiger partial charge in [0.2, 0.25) is 0 Å².